The summed E-state index contributed by atoms with van der Waals surface area (Å²) in [4.78, 5) is 13.5. The Hall–Kier alpha value is -0.610. The van der Waals surface area contributed by atoms with E-state index in [1.165, 1.54) is 25.7 Å². The maximum Gasteiger partial charge on any atom is 0.307 e. The molecule has 0 aromatic carbocycles. The smallest absolute Gasteiger partial charge is 0.307 e. The van der Waals surface area contributed by atoms with E-state index in [1.807, 2.05) is 0 Å². The predicted molar refractivity (Wildman–Crippen MR) is 71.7 cm³/mol. The minimum atomic E-state index is -0.631. The molecule has 0 spiro atoms. The lowest BCUT2D eigenvalue weighted by Gasteiger charge is -2.37. The van der Waals surface area contributed by atoms with Gasteiger partial charge in [-0.3, -0.25) is 4.79 Å². The molecule has 1 aliphatic carbocycles. The topological polar surface area (TPSA) is 52.6 Å². The van der Waals surface area contributed by atoms with Crippen molar-refractivity contribution in [2.24, 2.45) is 5.92 Å². The van der Waals surface area contributed by atoms with Crippen LogP contribution in [0.3, 0.4) is 0 Å². The first kappa shape index (κ1) is 13.8. The SMILES string of the molecule is CCCN1CC(NC2CCCC2)CC(C(=O)O)C1. The quantitative estimate of drug-likeness (QED) is 0.784. The molecule has 4 heteroatoms. The third-order valence-electron chi connectivity index (χ3n) is 4.24. The van der Waals surface area contributed by atoms with Gasteiger partial charge in [0.25, 0.3) is 0 Å². The van der Waals surface area contributed by atoms with Gasteiger partial charge < -0.3 is 15.3 Å². The summed E-state index contributed by atoms with van der Waals surface area (Å²) >= 11 is 0. The van der Waals surface area contributed by atoms with E-state index in [4.69, 9.17) is 0 Å². The van der Waals surface area contributed by atoms with Crippen LogP contribution in [0.1, 0.15) is 45.4 Å². The van der Waals surface area contributed by atoms with Gasteiger partial charge in [-0.1, -0.05) is 19.8 Å². The summed E-state index contributed by atoms with van der Waals surface area (Å²) in [7, 11) is 0. The maximum atomic E-state index is 11.2. The lowest BCUT2D eigenvalue weighted by atomic mass is 9.93. The molecule has 0 amide bonds. The van der Waals surface area contributed by atoms with Gasteiger partial charge in [0.1, 0.15) is 0 Å². The molecule has 2 atom stereocenters. The zero-order chi connectivity index (χ0) is 13.0. The Morgan fingerprint density at radius 3 is 2.61 bits per heavy atom. The molecule has 0 aromatic heterocycles. The number of rotatable bonds is 5. The Morgan fingerprint density at radius 1 is 1.28 bits per heavy atom. The largest absolute Gasteiger partial charge is 0.481 e. The van der Waals surface area contributed by atoms with Crippen molar-refractivity contribution in [3.63, 3.8) is 0 Å². The van der Waals surface area contributed by atoms with E-state index in [2.05, 4.69) is 17.1 Å². The summed E-state index contributed by atoms with van der Waals surface area (Å²) in [5.41, 5.74) is 0. The summed E-state index contributed by atoms with van der Waals surface area (Å²) in [5.74, 6) is -0.821. The highest BCUT2D eigenvalue weighted by atomic mass is 16.4. The van der Waals surface area contributed by atoms with Crippen LogP contribution in [0.2, 0.25) is 0 Å². The van der Waals surface area contributed by atoms with Crippen molar-refractivity contribution < 1.29 is 9.90 Å². The molecule has 2 unspecified atom stereocenters. The molecule has 1 heterocycles. The molecular formula is C14H26N2O2. The summed E-state index contributed by atoms with van der Waals surface area (Å²) < 4.78 is 0. The summed E-state index contributed by atoms with van der Waals surface area (Å²) in [6.07, 6.45) is 7.08. The van der Waals surface area contributed by atoms with Crippen LogP contribution in [0.4, 0.5) is 0 Å². The highest BCUT2D eigenvalue weighted by molar-refractivity contribution is 5.70. The highest BCUT2D eigenvalue weighted by Crippen LogP contribution is 2.22. The van der Waals surface area contributed by atoms with Crippen molar-refractivity contribution in [1.29, 1.82) is 0 Å². The molecule has 0 aromatic rings. The fraction of sp³-hybridized carbons (Fsp3) is 0.929. The van der Waals surface area contributed by atoms with Crippen molar-refractivity contribution in [2.45, 2.75) is 57.5 Å². The zero-order valence-electron chi connectivity index (χ0n) is 11.4. The van der Waals surface area contributed by atoms with Gasteiger partial charge in [0.2, 0.25) is 0 Å². The predicted octanol–water partition coefficient (Wildman–Crippen LogP) is 1.70. The molecule has 2 N–H and O–H groups in total. The van der Waals surface area contributed by atoms with Gasteiger partial charge in [-0.25, -0.2) is 0 Å². The van der Waals surface area contributed by atoms with Crippen molar-refractivity contribution in [3.8, 4) is 0 Å². The van der Waals surface area contributed by atoms with Gasteiger partial charge in [-0.2, -0.15) is 0 Å². The Kier molecular flexibility index (Phi) is 5.01. The van der Waals surface area contributed by atoms with E-state index in [0.717, 1.165) is 32.5 Å². The second kappa shape index (κ2) is 6.53. The monoisotopic (exact) mass is 254 g/mol. The van der Waals surface area contributed by atoms with E-state index < -0.39 is 5.97 Å². The number of carboxylic acids is 1. The normalized spacial score (nSPS) is 30.7. The molecule has 2 aliphatic rings. The van der Waals surface area contributed by atoms with Crippen LogP contribution in [0.15, 0.2) is 0 Å². The number of hydrogen-bond acceptors (Lipinski definition) is 3. The van der Waals surface area contributed by atoms with E-state index in [9.17, 15) is 9.90 Å². The molecule has 2 fully saturated rings. The average Bonchev–Trinajstić information content (AvgIpc) is 2.82. The number of nitrogens with zero attached hydrogens (tertiary/aromatic N) is 1. The standard InChI is InChI=1S/C14H26N2O2/c1-2-7-16-9-11(14(17)18)8-13(10-16)15-12-5-3-4-6-12/h11-13,15H,2-10H2,1H3,(H,17,18). The Morgan fingerprint density at radius 2 is 2.00 bits per heavy atom. The summed E-state index contributed by atoms with van der Waals surface area (Å²) in [6, 6.07) is 1.00. The number of carbonyl (C=O) groups is 1. The Bertz CT molecular complexity index is 277. The first-order chi connectivity index (χ1) is 8.69. The van der Waals surface area contributed by atoms with Crippen LogP contribution in [0.5, 0.6) is 0 Å². The molecule has 0 radical (unpaired) electrons. The third-order valence-corrected chi connectivity index (χ3v) is 4.24. The first-order valence-electron chi connectivity index (χ1n) is 7.40. The van der Waals surface area contributed by atoms with Gasteiger partial charge in [0.15, 0.2) is 0 Å². The van der Waals surface area contributed by atoms with E-state index in [-0.39, 0.29) is 5.92 Å². The number of carboxylic acid groups (broad SMARTS) is 1. The van der Waals surface area contributed by atoms with Crippen molar-refractivity contribution in [3.05, 3.63) is 0 Å². The van der Waals surface area contributed by atoms with Crippen molar-refractivity contribution in [1.82, 2.24) is 10.2 Å². The van der Waals surface area contributed by atoms with Gasteiger partial charge in [-0.15, -0.1) is 0 Å². The van der Waals surface area contributed by atoms with Crippen LogP contribution < -0.4 is 5.32 Å². The molecule has 104 valence electrons. The maximum absolute atomic E-state index is 11.2. The third kappa shape index (κ3) is 3.69. The summed E-state index contributed by atoms with van der Waals surface area (Å²) in [5, 5.41) is 12.9. The lowest BCUT2D eigenvalue weighted by Crippen LogP contribution is -2.53. The van der Waals surface area contributed by atoms with E-state index in [0.29, 0.717) is 12.1 Å². The molecule has 1 saturated carbocycles. The molecule has 1 saturated heterocycles. The first-order valence-corrected chi connectivity index (χ1v) is 7.40. The van der Waals surface area contributed by atoms with Gasteiger partial charge in [0, 0.05) is 25.2 Å². The molecular weight excluding hydrogens is 228 g/mol. The second-order valence-corrected chi connectivity index (χ2v) is 5.88. The fourth-order valence-electron chi connectivity index (χ4n) is 3.41. The van der Waals surface area contributed by atoms with Crippen molar-refractivity contribution in [2.75, 3.05) is 19.6 Å². The van der Waals surface area contributed by atoms with E-state index in [1.54, 1.807) is 0 Å². The number of likely N-dealkylation sites (tertiary alicyclic amines) is 1. The minimum Gasteiger partial charge on any atom is -0.481 e. The fourth-order valence-corrected chi connectivity index (χ4v) is 3.41. The Labute approximate surface area is 110 Å². The van der Waals surface area contributed by atoms with Gasteiger partial charge in [-0.05, 0) is 32.2 Å². The number of nitrogens with one attached hydrogen (secondary N) is 1. The van der Waals surface area contributed by atoms with Crippen LogP contribution in [0, 0.1) is 5.92 Å². The number of aliphatic carboxylic acids is 1. The summed E-state index contributed by atoms with van der Waals surface area (Å²) in [6.45, 7) is 4.93. The lowest BCUT2D eigenvalue weighted by molar-refractivity contribution is -0.144. The molecule has 0 bridgehead atoms. The zero-order valence-corrected chi connectivity index (χ0v) is 11.4. The van der Waals surface area contributed by atoms with Crippen LogP contribution in [-0.4, -0.2) is 47.7 Å². The average molecular weight is 254 g/mol. The van der Waals surface area contributed by atoms with E-state index >= 15 is 0 Å². The Balaban J connectivity index is 1.89. The van der Waals surface area contributed by atoms with Gasteiger partial charge >= 0.3 is 5.97 Å². The van der Waals surface area contributed by atoms with Crippen LogP contribution >= 0.6 is 0 Å². The minimum absolute atomic E-state index is 0.191. The second-order valence-electron chi connectivity index (χ2n) is 5.88. The molecule has 1 aliphatic heterocycles. The molecule has 18 heavy (non-hydrogen) atoms. The van der Waals surface area contributed by atoms with Crippen molar-refractivity contribution >= 4 is 5.97 Å². The number of hydrogen-bond donors (Lipinski definition) is 2. The number of piperidine rings is 1. The molecule has 4 nitrogen and oxygen atoms in total. The van der Waals surface area contributed by atoms with Gasteiger partial charge in [0.05, 0.1) is 5.92 Å². The molecule has 2 rings (SSSR count). The van der Waals surface area contributed by atoms with Crippen LogP contribution in [-0.2, 0) is 4.79 Å². The highest BCUT2D eigenvalue weighted by Gasteiger charge is 2.32. The van der Waals surface area contributed by atoms with Crippen LogP contribution in [0.25, 0.3) is 0 Å².